The molecule has 2 aliphatic heterocycles. The van der Waals surface area contributed by atoms with Gasteiger partial charge in [-0.15, -0.1) is 0 Å². The monoisotopic (exact) mass is 546 g/mol. The van der Waals surface area contributed by atoms with E-state index < -0.39 is 17.2 Å². The summed E-state index contributed by atoms with van der Waals surface area (Å²) in [5.74, 6) is 1.50. The molecule has 0 spiro atoms. The van der Waals surface area contributed by atoms with Crippen molar-refractivity contribution in [1.29, 1.82) is 0 Å². The van der Waals surface area contributed by atoms with E-state index in [-0.39, 0.29) is 5.91 Å². The largest absolute Gasteiger partial charge is 0.416 e. The van der Waals surface area contributed by atoms with Crippen LogP contribution >= 0.6 is 0 Å². The van der Waals surface area contributed by atoms with E-state index in [1.807, 2.05) is 11.0 Å². The molecule has 0 N–H and O–H groups in total. The van der Waals surface area contributed by atoms with E-state index in [1.165, 1.54) is 12.1 Å². The summed E-state index contributed by atoms with van der Waals surface area (Å²) in [4.78, 5) is 30.2. The molecule has 10 heteroatoms. The van der Waals surface area contributed by atoms with Crippen molar-refractivity contribution in [2.75, 3.05) is 70.9 Å². The van der Waals surface area contributed by atoms with Crippen LogP contribution in [0.2, 0.25) is 0 Å². The van der Waals surface area contributed by atoms with Crippen LogP contribution in [0.25, 0.3) is 0 Å². The van der Waals surface area contributed by atoms with Gasteiger partial charge in [0.1, 0.15) is 5.82 Å². The Kier molecular flexibility index (Phi) is 9.48. The van der Waals surface area contributed by atoms with E-state index in [2.05, 4.69) is 45.6 Å². The molecule has 1 aromatic heterocycles. The number of anilines is 1. The third-order valence-corrected chi connectivity index (χ3v) is 8.14. The molecule has 2 aromatic rings. The normalized spacial score (nSPS) is 18.7. The number of likely N-dealkylation sites (tertiary alicyclic amines) is 1. The van der Waals surface area contributed by atoms with E-state index >= 15 is 0 Å². The molecule has 0 saturated carbocycles. The first-order valence-electron chi connectivity index (χ1n) is 13.9. The number of carbonyl (C=O) groups excluding carboxylic acids is 1. The maximum absolute atomic E-state index is 13.6. The highest BCUT2D eigenvalue weighted by Gasteiger charge is 2.40. The van der Waals surface area contributed by atoms with Crippen LogP contribution in [-0.4, -0.2) is 96.5 Å². The van der Waals surface area contributed by atoms with Gasteiger partial charge in [0, 0.05) is 63.6 Å². The Morgan fingerprint density at radius 1 is 1.08 bits per heavy atom. The van der Waals surface area contributed by atoms with Crippen LogP contribution in [-0.2, 0) is 16.4 Å². The van der Waals surface area contributed by atoms with Gasteiger partial charge in [0.2, 0.25) is 5.91 Å². The Balaban J connectivity index is 1.39. The molecule has 214 valence electrons. The number of rotatable bonds is 9. The molecule has 3 heterocycles. The van der Waals surface area contributed by atoms with E-state index in [9.17, 15) is 18.0 Å². The molecule has 0 aliphatic carbocycles. The number of nitrogens with zero attached hydrogens (tertiary/aromatic N) is 6. The summed E-state index contributed by atoms with van der Waals surface area (Å²) in [5, 5.41) is 0. The number of amides is 1. The van der Waals surface area contributed by atoms with Crippen molar-refractivity contribution in [3.05, 3.63) is 54.0 Å². The maximum Gasteiger partial charge on any atom is 0.416 e. The first-order valence-corrected chi connectivity index (χ1v) is 13.9. The number of aromatic nitrogens is 2. The molecule has 2 fully saturated rings. The van der Waals surface area contributed by atoms with Crippen LogP contribution in [0, 0.1) is 5.92 Å². The number of carbonyl (C=O) groups is 1. The zero-order valence-electron chi connectivity index (χ0n) is 23.3. The molecule has 0 bridgehead atoms. The van der Waals surface area contributed by atoms with Gasteiger partial charge in [0.05, 0.1) is 18.3 Å². The summed E-state index contributed by atoms with van der Waals surface area (Å²) < 4.78 is 40.7. The van der Waals surface area contributed by atoms with Crippen LogP contribution in [0.3, 0.4) is 0 Å². The third-order valence-electron chi connectivity index (χ3n) is 8.14. The summed E-state index contributed by atoms with van der Waals surface area (Å²) in [7, 11) is 2.05. The molecule has 2 aliphatic rings. The van der Waals surface area contributed by atoms with Crippen LogP contribution in [0.15, 0.2) is 42.9 Å². The van der Waals surface area contributed by atoms with Gasteiger partial charge in [0.25, 0.3) is 0 Å². The minimum Gasteiger partial charge on any atom is -0.353 e. The molecule has 1 aromatic carbocycles. The quantitative estimate of drug-likeness (QED) is 0.471. The highest BCUT2D eigenvalue weighted by Crippen LogP contribution is 2.39. The predicted molar refractivity (Wildman–Crippen MR) is 147 cm³/mol. The number of piperidine rings is 1. The third kappa shape index (κ3) is 7.69. The number of benzene rings is 1. The Hall–Kier alpha value is -2.72. The van der Waals surface area contributed by atoms with Crippen LogP contribution < -0.4 is 4.90 Å². The van der Waals surface area contributed by atoms with Gasteiger partial charge in [-0.05, 0) is 50.4 Å². The molecular weight excluding hydrogens is 505 g/mol. The molecular formula is C29H41F3N6O. The van der Waals surface area contributed by atoms with Gasteiger partial charge in [-0.25, -0.2) is 4.98 Å². The van der Waals surface area contributed by atoms with Crippen molar-refractivity contribution in [2.45, 2.75) is 44.7 Å². The maximum atomic E-state index is 13.6. The van der Waals surface area contributed by atoms with Gasteiger partial charge in [-0.1, -0.05) is 32.0 Å². The Bertz CT molecular complexity index is 1060. The van der Waals surface area contributed by atoms with Gasteiger partial charge in [-0.3, -0.25) is 14.7 Å². The number of likely N-dealkylation sites (N-methyl/N-ethyl adjacent to an activating group) is 1. The van der Waals surface area contributed by atoms with E-state index in [4.69, 9.17) is 0 Å². The smallest absolute Gasteiger partial charge is 0.353 e. The fraction of sp³-hybridized carbons (Fsp3) is 0.621. The van der Waals surface area contributed by atoms with Crippen LogP contribution in [0.1, 0.15) is 44.2 Å². The van der Waals surface area contributed by atoms with E-state index in [0.29, 0.717) is 44.9 Å². The van der Waals surface area contributed by atoms with Crippen molar-refractivity contribution >= 4 is 11.7 Å². The zero-order chi connectivity index (χ0) is 28.0. The molecule has 7 nitrogen and oxygen atoms in total. The molecule has 1 amide bonds. The highest BCUT2D eigenvalue weighted by molar-refractivity contribution is 5.78. The van der Waals surface area contributed by atoms with Gasteiger partial charge in [-0.2, -0.15) is 13.2 Å². The molecule has 0 radical (unpaired) electrons. The second kappa shape index (κ2) is 12.6. The molecule has 0 atom stereocenters. The van der Waals surface area contributed by atoms with E-state index in [1.54, 1.807) is 18.6 Å². The number of piperazine rings is 1. The Morgan fingerprint density at radius 2 is 1.79 bits per heavy atom. The van der Waals surface area contributed by atoms with Crippen molar-refractivity contribution in [3.8, 4) is 0 Å². The van der Waals surface area contributed by atoms with Gasteiger partial charge in [0.15, 0.2) is 0 Å². The van der Waals surface area contributed by atoms with Gasteiger partial charge < -0.3 is 14.7 Å². The lowest BCUT2D eigenvalue weighted by atomic mass is 9.72. The van der Waals surface area contributed by atoms with Crippen molar-refractivity contribution in [2.24, 2.45) is 5.92 Å². The van der Waals surface area contributed by atoms with Crippen molar-refractivity contribution in [3.63, 3.8) is 0 Å². The second-order valence-electron chi connectivity index (χ2n) is 11.5. The summed E-state index contributed by atoms with van der Waals surface area (Å²) in [5.41, 5.74) is -0.309. The minimum absolute atomic E-state index is 0.0914. The molecule has 4 rings (SSSR count). The average Bonchev–Trinajstić information content (AvgIpc) is 2.93. The first kappa shape index (κ1) is 29.3. The fourth-order valence-electron chi connectivity index (χ4n) is 5.70. The van der Waals surface area contributed by atoms with Crippen molar-refractivity contribution < 1.29 is 18.0 Å². The Morgan fingerprint density at radius 3 is 2.41 bits per heavy atom. The zero-order valence-corrected chi connectivity index (χ0v) is 23.3. The number of halogens is 3. The number of hydrogen-bond donors (Lipinski definition) is 0. The van der Waals surface area contributed by atoms with Crippen LogP contribution in [0.4, 0.5) is 19.0 Å². The summed E-state index contributed by atoms with van der Waals surface area (Å²) in [6, 6.07) is 5.82. The molecule has 2 saturated heterocycles. The highest BCUT2D eigenvalue weighted by atomic mass is 19.4. The lowest BCUT2D eigenvalue weighted by molar-refractivity contribution is -0.137. The Labute approximate surface area is 230 Å². The second-order valence-corrected chi connectivity index (χ2v) is 11.5. The predicted octanol–water partition coefficient (Wildman–Crippen LogP) is 4.16. The van der Waals surface area contributed by atoms with Crippen molar-refractivity contribution in [1.82, 2.24) is 24.7 Å². The SMILES string of the molecule is CC(C)CCN(C)CC1(c2cccc(C(F)(F)F)c2)CCN(C(=O)CN2CCN(c3cnccn3)CC2)CC1. The number of hydrogen-bond acceptors (Lipinski definition) is 6. The summed E-state index contributed by atoms with van der Waals surface area (Å²) in [6.45, 7) is 10.5. The van der Waals surface area contributed by atoms with Crippen LogP contribution in [0.5, 0.6) is 0 Å². The molecule has 39 heavy (non-hydrogen) atoms. The van der Waals surface area contributed by atoms with E-state index in [0.717, 1.165) is 56.6 Å². The topological polar surface area (TPSA) is 55.8 Å². The first-order chi connectivity index (χ1) is 18.6. The molecule has 0 unspecified atom stereocenters. The average molecular weight is 547 g/mol. The lowest BCUT2D eigenvalue weighted by Gasteiger charge is -2.45. The minimum atomic E-state index is -4.38. The summed E-state index contributed by atoms with van der Waals surface area (Å²) in [6.07, 6.45) is 3.04. The van der Waals surface area contributed by atoms with Gasteiger partial charge >= 0.3 is 6.18 Å². The number of alkyl halides is 3. The standard InChI is InChI=1S/C29H41F3N6O/c1-23(2)7-12-35(3)22-28(24-5-4-6-25(19-24)29(30,31)32)8-13-38(14-9-28)27(39)21-36-15-17-37(18-16-36)26-20-33-10-11-34-26/h4-6,10-11,19-20,23H,7-9,12-18,21-22H2,1-3H3. The lowest BCUT2D eigenvalue weighted by Crippen LogP contribution is -2.53. The fourth-order valence-corrected chi connectivity index (χ4v) is 5.70. The summed E-state index contributed by atoms with van der Waals surface area (Å²) >= 11 is 0.